The van der Waals surface area contributed by atoms with Crippen LogP contribution in [-0.2, 0) is 19.1 Å². The molecule has 0 aliphatic carbocycles. The molecule has 0 rings (SSSR count). The highest BCUT2D eigenvalue weighted by molar-refractivity contribution is 6.41. The molecule has 0 heterocycles. The summed E-state index contributed by atoms with van der Waals surface area (Å²) in [6.45, 7) is 0. The molecule has 0 saturated carbocycles. The van der Waals surface area contributed by atoms with Crippen molar-refractivity contribution in [1.29, 1.82) is 0 Å². The molecule has 12 heteroatoms. The van der Waals surface area contributed by atoms with Gasteiger partial charge in [-0.2, -0.15) is 13.2 Å². The van der Waals surface area contributed by atoms with Gasteiger partial charge in [-0.25, -0.2) is 22.8 Å². The van der Waals surface area contributed by atoms with E-state index in [2.05, 4.69) is 32.7 Å². The van der Waals surface area contributed by atoms with Gasteiger partial charge in [0.2, 0.25) is 0 Å². The summed E-state index contributed by atoms with van der Waals surface area (Å²) >= 11 is 9.07. The molecule has 0 aromatic heterocycles. The number of rotatable bonds is 4. The maximum atomic E-state index is 13.8. The lowest BCUT2D eigenvalue weighted by molar-refractivity contribution is -0.268. The Bertz CT molecular complexity index is 410. The first-order chi connectivity index (χ1) is 8.71. The molecule has 0 aromatic rings. The molecular formula is C8H6Cl2F6O4. The second-order valence-electron chi connectivity index (χ2n) is 3.29. The lowest BCUT2D eigenvalue weighted by atomic mass is 9.94. The van der Waals surface area contributed by atoms with Gasteiger partial charge < -0.3 is 9.47 Å². The van der Waals surface area contributed by atoms with Crippen molar-refractivity contribution < 1.29 is 45.4 Å². The minimum absolute atomic E-state index is 0.252. The Kier molecular flexibility index (Phi) is 5.23. The molecule has 20 heavy (non-hydrogen) atoms. The van der Waals surface area contributed by atoms with Crippen LogP contribution in [0.3, 0.4) is 0 Å². The molecule has 0 N–H and O–H groups in total. The van der Waals surface area contributed by atoms with Crippen LogP contribution in [0.4, 0.5) is 26.3 Å². The molecule has 0 fully saturated rings. The third kappa shape index (κ3) is 2.50. The van der Waals surface area contributed by atoms with Gasteiger partial charge in [-0.1, -0.05) is 23.2 Å². The topological polar surface area (TPSA) is 52.6 Å². The van der Waals surface area contributed by atoms with Gasteiger partial charge in [0.1, 0.15) is 0 Å². The SMILES string of the molecule is COC(=O)C(F)(Cl)C(F)(Cl)C(F)(C(=O)OC)C(F)(F)F. The van der Waals surface area contributed by atoms with Crippen molar-refractivity contribution in [2.75, 3.05) is 14.2 Å². The fraction of sp³-hybridized carbons (Fsp3) is 0.750. The van der Waals surface area contributed by atoms with E-state index >= 15 is 0 Å². The Morgan fingerprint density at radius 3 is 1.45 bits per heavy atom. The second-order valence-corrected chi connectivity index (χ2v) is 4.33. The Morgan fingerprint density at radius 1 is 0.850 bits per heavy atom. The fourth-order valence-corrected chi connectivity index (χ4v) is 1.50. The number of hydrogen-bond donors (Lipinski definition) is 0. The molecule has 0 aliphatic rings. The van der Waals surface area contributed by atoms with Crippen molar-refractivity contribution >= 4 is 35.1 Å². The summed E-state index contributed by atoms with van der Waals surface area (Å²) in [6, 6.07) is 0. The molecular weight excluding hydrogens is 345 g/mol. The fourth-order valence-electron chi connectivity index (χ4n) is 1.04. The molecule has 3 unspecified atom stereocenters. The van der Waals surface area contributed by atoms with Gasteiger partial charge in [0.25, 0.3) is 5.13 Å². The third-order valence-corrected chi connectivity index (χ3v) is 3.16. The monoisotopic (exact) mass is 350 g/mol. The van der Waals surface area contributed by atoms with Gasteiger partial charge in [0.05, 0.1) is 14.2 Å². The van der Waals surface area contributed by atoms with Crippen LogP contribution < -0.4 is 0 Å². The first-order valence-electron chi connectivity index (χ1n) is 4.39. The van der Waals surface area contributed by atoms with E-state index in [0.29, 0.717) is 7.11 Å². The van der Waals surface area contributed by atoms with Gasteiger partial charge in [0, 0.05) is 0 Å². The van der Waals surface area contributed by atoms with E-state index in [4.69, 9.17) is 0 Å². The molecule has 0 saturated heterocycles. The molecule has 0 aliphatic heterocycles. The zero-order valence-electron chi connectivity index (χ0n) is 9.66. The molecule has 3 atom stereocenters. The van der Waals surface area contributed by atoms with Crippen LogP contribution in [0, 0.1) is 0 Å². The normalized spacial score (nSPS) is 21.1. The van der Waals surface area contributed by atoms with Gasteiger partial charge in [-0.3, -0.25) is 0 Å². The van der Waals surface area contributed by atoms with Crippen LogP contribution >= 0.6 is 23.2 Å². The van der Waals surface area contributed by atoms with Crippen LogP contribution in [0.25, 0.3) is 0 Å². The smallest absolute Gasteiger partial charge is 0.438 e. The number of carbonyl (C=O) groups is 2. The predicted octanol–water partition coefficient (Wildman–Crippen LogP) is 2.41. The molecule has 4 nitrogen and oxygen atoms in total. The largest absolute Gasteiger partial charge is 0.466 e. The average molecular weight is 351 g/mol. The van der Waals surface area contributed by atoms with Crippen LogP contribution in [0.5, 0.6) is 0 Å². The summed E-state index contributed by atoms with van der Waals surface area (Å²) in [4.78, 5) is 21.7. The van der Waals surface area contributed by atoms with Crippen molar-refractivity contribution in [2.45, 2.75) is 22.1 Å². The third-order valence-electron chi connectivity index (χ3n) is 2.13. The first-order valence-corrected chi connectivity index (χ1v) is 5.15. The van der Waals surface area contributed by atoms with E-state index in [-0.39, 0.29) is 7.11 Å². The zero-order valence-corrected chi connectivity index (χ0v) is 11.2. The standard InChI is InChI=1S/C8H6Cl2F6O4/c1-19-3(17)5(11,8(14,15)16)7(10,13)6(9,12)4(18)20-2/h1-2H3. The van der Waals surface area contributed by atoms with Crippen molar-refractivity contribution in [3.8, 4) is 0 Å². The molecule has 118 valence electrons. The molecule has 0 aromatic carbocycles. The van der Waals surface area contributed by atoms with E-state index in [1.807, 2.05) is 0 Å². The van der Waals surface area contributed by atoms with Gasteiger partial charge in [-0.05, 0) is 0 Å². The Balaban J connectivity index is 6.20. The lowest BCUT2D eigenvalue weighted by Crippen LogP contribution is -2.68. The summed E-state index contributed by atoms with van der Waals surface area (Å²) in [5.41, 5.74) is -5.76. The van der Waals surface area contributed by atoms with Gasteiger partial charge in [-0.15, -0.1) is 0 Å². The highest BCUT2D eigenvalue weighted by Gasteiger charge is 2.84. The summed E-state index contributed by atoms with van der Waals surface area (Å²) in [6.07, 6.45) is -6.38. The van der Waals surface area contributed by atoms with Crippen molar-refractivity contribution in [1.82, 2.24) is 0 Å². The maximum absolute atomic E-state index is 13.8. The summed E-state index contributed by atoms with van der Waals surface area (Å²) in [5.74, 6) is -5.42. The van der Waals surface area contributed by atoms with E-state index < -0.39 is 34.0 Å². The number of methoxy groups -OCH3 is 2. The number of carbonyl (C=O) groups excluding carboxylic acids is 2. The molecule has 0 bridgehead atoms. The quantitative estimate of drug-likeness (QED) is 0.444. The van der Waals surface area contributed by atoms with Crippen molar-refractivity contribution in [2.24, 2.45) is 0 Å². The van der Waals surface area contributed by atoms with Crippen molar-refractivity contribution in [3.05, 3.63) is 0 Å². The van der Waals surface area contributed by atoms with E-state index in [1.54, 1.807) is 0 Å². The Labute approximate surface area is 117 Å². The van der Waals surface area contributed by atoms with E-state index in [1.165, 1.54) is 0 Å². The van der Waals surface area contributed by atoms with Crippen LogP contribution in [-0.4, -0.2) is 48.3 Å². The van der Waals surface area contributed by atoms with Gasteiger partial charge >= 0.3 is 28.9 Å². The number of halogens is 8. The Hall–Kier alpha value is -0.900. The number of ether oxygens (including phenoxy) is 2. The summed E-state index contributed by atoms with van der Waals surface area (Å²) < 4.78 is 85.9. The maximum Gasteiger partial charge on any atom is 0.438 e. The second kappa shape index (κ2) is 5.47. The number of alkyl halides is 8. The number of hydrogen-bond acceptors (Lipinski definition) is 4. The van der Waals surface area contributed by atoms with Crippen LogP contribution in [0.2, 0.25) is 0 Å². The minimum Gasteiger partial charge on any atom is -0.466 e. The van der Waals surface area contributed by atoms with Crippen molar-refractivity contribution in [3.63, 3.8) is 0 Å². The summed E-state index contributed by atoms with van der Waals surface area (Å²) in [7, 11) is 0.666. The molecule has 0 spiro atoms. The highest BCUT2D eigenvalue weighted by atomic mass is 35.5. The molecule has 0 radical (unpaired) electrons. The summed E-state index contributed by atoms with van der Waals surface area (Å²) in [5, 5.41) is -10.2. The highest BCUT2D eigenvalue weighted by Crippen LogP contribution is 2.55. The lowest BCUT2D eigenvalue weighted by Gasteiger charge is -2.37. The predicted molar refractivity (Wildman–Crippen MR) is 53.3 cm³/mol. The Morgan fingerprint density at radius 2 is 1.20 bits per heavy atom. The zero-order chi connectivity index (χ0) is 16.6. The minimum atomic E-state index is -6.38. The first kappa shape index (κ1) is 19.1. The molecule has 0 amide bonds. The number of esters is 2. The van der Waals surface area contributed by atoms with E-state index in [0.717, 1.165) is 0 Å². The van der Waals surface area contributed by atoms with Crippen LogP contribution in [0.15, 0.2) is 0 Å². The van der Waals surface area contributed by atoms with Gasteiger partial charge in [0.15, 0.2) is 0 Å². The van der Waals surface area contributed by atoms with E-state index in [9.17, 15) is 35.9 Å². The average Bonchev–Trinajstić information content (AvgIpc) is 2.33. The van der Waals surface area contributed by atoms with Crippen LogP contribution in [0.1, 0.15) is 0 Å².